The first-order chi connectivity index (χ1) is 10.5. The largest absolute Gasteiger partial charge is 0.363 e. The summed E-state index contributed by atoms with van der Waals surface area (Å²) in [6.45, 7) is 2.25. The van der Waals surface area contributed by atoms with Gasteiger partial charge in [-0.25, -0.2) is 9.37 Å². The summed E-state index contributed by atoms with van der Waals surface area (Å²) in [5, 5.41) is 6.13. The van der Waals surface area contributed by atoms with E-state index in [1.807, 2.05) is 12.3 Å². The lowest BCUT2D eigenvalue weighted by molar-refractivity contribution is 0.602. The quantitative estimate of drug-likeness (QED) is 0.594. The molecule has 0 amide bonds. The fourth-order valence-electron chi connectivity index (χ4n) is 2.17. The Morgan fingerprint density at radius 3 is 2.91 bits per heavy atom. The molecule has 23 heavy (non-hydrogen) atoms. The van der Waals surface area contributed by atoms with Gasteiger partial charge in [0.05, 0.1) is 17.6 Å². The lowest BCUT2D eigenvalue weighted by Gasteiger charge is -2.05. The maximum atomic E-state index is 14.6. The van der Waals surface area contributed by atoms with Gasteiger partial charge < -0.3 is 16.0 Å². The lowest BCUT2D eigenvalue weighted by Crippen LogP contribution is -2.18. The van der Waals surface area contributed by atoms with Gasteiger partial charge in [-0.05, 0) is 18.5 Å². The van der Waals surface area contributed by atoms with Crippen LogP contribution < -0.4 is 11.1 Å². The van der Waals surface area contributed by atoms with Gasteiger partial charge in [-0.15, -0.1) is 23.7 Å². The number of rotatable bonds is 5. The van der Waals surface area contributed by atoms with Crippen LogP contribution in [-0.2, 0) is 13.0 Å². The van der Waals surface area contributed by atoms with Gasteiger partial charge in [-0.3, -0.25) is 0 Å². The van der Waals surface area contributed by atoms with Crippen LogP contribution in [0.1, 0.15) is 17.6 Å². The Kier molecular flexibility index (Phi) is 5.74. The molecule has 0 saturated carbocycles. The SMILES string of the molecule is CC(N)Cc1[nH]c2nc(Cl)nc(NCc3nccs3)c2c1F.Cl. The van der Waals surface area contributed by atoms with Gasteiger partial charge in [0.25, 0.3) is 0 Å². The summed E-state index contributed by atoms with van der Waals surface area (Å²) in [6.07, 6.45) is 2.09. The van der Waals surface area contributed by atoms with E-state index in [1.165, 1.54) is 11.3 Å². The van der Waals surface area contributed by atoms with Gasteiger partial charge in [0.1, 0.15) is 16.5 Å². The number of aromatic amines is 1. The average molecular weight is 377 g/mol. The predicted molar refractivity (Wildman–Crippen MR) is 92.9 cm³/mol. The van der Waals surface area contributed by atoms with Crippen LogP contribution in [0.5, 0.6) is 0 Å². The van der Waals surface area contributed by atoms with Crippen molar-refractivity contribution in [2.24, 2.45) is 5.73 Å². The first-order valence-corrected chi connectivity index (χ1v) is 7.91. The van der Waals surface area contributed by atoms with Gasteiger partial charge in [-0.2, -0.15) is 9.97 Å². The van der Waals surface area contributed by atoms with Crippen molar-refractivity contribution in [2.45, 2.75) is 25.9 Å². The van der Waals surface area contributed by atoms with Gasteiger partial charge in [0.2, 0.25) is 5.28 Å². The maximum absolute atomic E-state index is 14.6. The molecule has 3 aromatic rings. The number of halogens is 3. The zero-order valence-electron chi connectivity index (χ0n) is 12.1. The first kappa shape index (κ1) is 17.9. The highest BCUT2D eigenvalue weighted by atomic mass is 35.5. The molecule has 0 saturated heterocycles. The van der Waals surface area contributed by atoms with Crippen LogP contribution in [0, 0.1) is 5.82 Å². The summed E-state index contributed by atoms with van der Waals surface area (Å²) in [5.74, 6) is -0.0551. The third-order valence-corrected chi connectivity index (χ3v) is 4.00. The van der Waals surface area contributed by atoms with E-state index < -0.39 is 5.82 Å². The maximum Gasteiger partial charge on any atom is 0.226 e. The summed E-state index contributed by atoms with van der Waals surface area (Å²) < 4.78 is 14.6. The molecule has 6 nitrogen and oxygen atoms in total. The van der Waals surface area contributed by atoms with Crippen molar-refractivity contribution in [3.05, 3.63) is 33.4 Å². The number of aromatic nitrogens is 4. The Morgan fingerprint density at radius 1 is 1.48 bits per heavy atom. The molecule has 0 aliphatic heterocycles. The molecule has 0 fully saturated rings. The highest BCUT2D eigenvalue weighted by Crippen LogP contribution is 2.28. The molecule has 3 aromatic heterocycles. The van der Waals surface area contributed by atoms with Crippen molar-refractivity contribution in [3.63, 3.8) is 0 Å². The van der Waals surface area contributed by atoms with E-state index in [0.717, 1.165) is 5.01 Å². The smallest absolute Gasteiger partial charge is 0.226 e. The minimum atomic E-state index is -0.398. The number of fused-ring (bicyclic) bond motifs is 1. The molecule has 1 atom stereocenters. The van der Waals surface area contributed by atoms with Gasteiger partial charge in [-0.1, -0.05) is 0 Å². The Labute approximate surface area is 147 Å². The highest BCUT2D eigenvalue weighted by molar-refractivity contribution is 7.09. The molecule has 0 aliphatic rings. The molecule has 3 heterocycles. The third-order valence-electron chi connectivity index (χ3n) is 3.05. The second kappa shape index (κ2) is 7.39. The van der Waals surface area contributed by atoms with Crippen LogP contribution in [0.15, 0.2) is 11.6 Å². The second-order valence-electron chi connectivity index (χ2n) is 4.94. The molecular formula is C13H15Cl2FN6S. The number of thiazole rings is 1. The normalized spacial score (nSPS) is 12.2. The monoisotopic (exact) mass is 376 g/mol. The predicted octanol–water partition coefficient (Wildman–Crippen LogP) is 3.13. The number of nitrogens with one attached hydrogen (secondary N) is 2. The molecule has 0 spiro atoms. The van der Waals surface area contributed by atoms with E-state index in [9.17, 15) is 4.39 Å². The lowest BCUT2D eigenvalue weighted by atomic mass is 10.2. The fourth-order valence-corrected chi connectivity index (χ4v) is 2.90. The van der Waals surface area contributed by atoms with Crippen molar-refractivity contribution < 1.29 is 4.39 Å². The summed E-state index contributed by atoms with van der Waals surface area (Å²) in [7, 11) is 0. The van der Waals surface area contributed by atoms with E-state index >= 15 is 0 Å². The molecule has 0 aromatic carbocycles. The summed E-state index contributed by atoms with van der Waals surface area (Å²) in [6, 6.07) is -0.169. The molecule has 1 unspecified atom stereocenters. The minimum absolute atomic E-state index is 0. The Bertz CT molecular complexity index is 789. The van der Waals surface area contributed by atoms with Crippen molar-refractivity contribution in [2.75, 3.05) is 5.32 Å². The number of hydrogen-bond acceptors (Lipinski definition) is 6. The van der Waals surface area contributed by atoms with Crippen molar-refractivity contribution in [3.8, 4) is 0 Å². The molecule has 124 valence electrons. The van der Waals surface area contributed by atoms with E-state index in [4.69, 9.17) is 17.3 Å². The molecule has 3 rings (SSSR count). The fraction of sp³-hybridized carbons (Fsp3) is 0.308. The van der Waals surface area contributed by atoms with E-state index in [-0.39, 0.29) is 29.1 Å². The molecule has 10 heteroatoms. The zero-order valence-corrected chi connectivity index (χ0v) is 14.5. The Hall–Kier alpha value is -1.48. The third kappa shape index (κ3) is 3.89. The number of hydrogen-bond donors (Lipinski definition) is 3. The number of nitrogens with zero attached hydrogens (tertiary/aromatic N) is 3. The topological polar surface area (TPSA) is 92.5 Å². The molecule has 0 radical (unpaired) electrons. The number of H-pyrrole nitrogens is 1. The Balaban J connectivity index is 0.00000192. The average Bonchev–Trinajstić information content (AvgIpc) is 3.05. The van der Waals surface area contributed by atoms with Crippen LogP contribution in [0.3, 0.4) is 0 Å². The van der Waals surface area contributed by atoms with Crippen LogP contribution in [-0.4, -0.2) is 26.0 Å². The summed E-state index contributed by atoms with van der Waals surface area (Å²) in [5.41, 5.74) is 6.49. The van der Waals surface area contributed by atoms with Crippen molar-refractivity contribution in [1.82, 2.24) is 19.9 Å². The highest BCUT2D eigenvalue weighted by Gasteiger charge is 2.19. The van der Waals surface area contributed by atoms with Crippen LogP contribution >= 0.6 is 35.3 Å². The Morgan fingerprint density at radius 2 is 2.26 bits per heavy atom. The standard InChI is InChI=1S/C13H14ClFN6S.ClH/c1-6(16)4-7-10(15)9-11(18-5-8-17-2-3-22-8)20-13(14)21-12(9)19-7;/h2-3,6H,4-5,16H2,1H3,(H2,18,19,20,21);1H. The first-order valence-electron chi connectivity index (χ1n) is 6.66. The summed E-state index contributed by atoms with van der Waals surface area (Å²) in [4.78, 5) is 15.2. The van der Waals surface area contributed by atoms with Crippen molar-refractivity contribution >= 4 is 52.2 Å². The zero-order chi connectivity index (χ0) is 15.7. The van der Waals surface area contributed by atoms with Crippen LogP contribution in [0.25, 0.3) is 11.0 Å². The van der Waals surface area contributed by atoms with E-state index in [1.54, 1.807) is 6.20 Å². The molecular weight excluding hydrogens is 362 g/mol. The van der Waals surface area contributed by atoms with Gasteiger partial charge in [0, 0.05) is 24.0 Å². The van der Waals surface area contributed by atoms with Crippen LogP contribution in [0.4, 0.5) is 10.2 Å². The van der Waals surface area contributed by atoms with Crippen molar-refractivity contribution in [1.29, 1.82) is 0 Å². The number of anilines is 1. The van der Waals surface area contributed by atoms with E-state index in [0.29, 0.717) is 30.1 Å². The summed E-state index contributed by atoms with van der Waals surface area (Å²) >= 11 is 7.41. The minimum Gasteiger partial charge on any atom is -0.363 e. The van der Waals surface area contributed by atoms with E-state index in [2.05, 4.69) is 25.3 Å². The molecule has 4 N–H and O–H groups in total. The second-order valence-corrected chi connectivity index (χ2v) is 6.26. The molecule has 0 aliphatic carbocycles. The number of nitrogens with two attached hydrogens (primary N) is 1. The molecule has 0 bridgehead atoms. The van der Waals surface area contributed by atoms with Crippen LogP contribution in [0.2, 0.25) is 5.28 Å². The van der Waals surface area contributed by atoms with Gasteiger partial charge >= 0.3 is 0 Å². The van der Waals surface area contributed by atoms with Gasteiger partial charge in [0.15, 0.2) is 5.82 Å².